The highest BCUT2D eigenvalue weighted by atomic mass is 32.2. The molecule has 6 nitrogen and oxygen atoms in total. The second kappa shape index (κ2) is 12.5. The van der Waals surface area contributed by atoms with Gasteiger partial charge in [0.15, 0.2) is 0 Å². The smallest absolute Gasteiger partial charge is 0.330 e. The Kier molecular flexibility index (Phi) is 13.5. The Bertz CT molecular complexity index is 309. The van der Waals surface area contributed by atoms with Crippen LogP contribution in [0.2, 0.25) is 0 Å². The quantitative estimate of drug-likeness (QED) is 0.299. The molecule has 0 aliphatic carbocycles. The number of hydrogen-bond donors (Lipinski definition) is 2. The minimum atomic E-state index is -4.04. The Labute approximate surface area is 109 Å². The molecule has 0 radical (unpaired) electrons. The number of rotatable bonds is 8. The maximum absolute atomic E-state index is 10.3. The van der Waals surface area contributed by atoms with Gasteiger partial charge in [-0.1, -0.05) is 32.8 Å². The van der Waals surface area contributed by atoms with E-state index in [1.807, 2.05) is 0 Å². The number of carbonyl (C=O) groups excluding carboxylic acids is 1. The molecule has 0 aliphatic rings. The summed E-state index contributed by atoms with van der Waals surface area (Å²) < 4.78 is 32.5. The molecule has 0 saturated heterocycles. The maximum atomic E-state index is 10.3. The van der Waals surface area contributed by atoms with E-state index in [9.17, 15) is 13.2 Å². The summed E-state index contributed by atoms with van der Waals surface area (Å²) in [6.07, 6.45) is 6.07. The van der Waals surface area contributed by atoms with Crippen LogP contribution in [0.4, 0.5) is 0 Å². The summed E-state index contributed by atoms with van der Waals surface area (Å²) in [7, 11) is -4.04. The lowest BCUT2D eigenvalue weighted by molar-refractivity contribution is -0.137. The van der Waals surface area contributed by atoms with Gasteiger partial charge in [0.25, 0.3) is 10.1 Å². The fraction of sp³-hybridized carbons (Fsp3) is 0.727. The van der Waals surface area contributed by atoms with Crippen molar-refractivity contribution in [1.29, 1.82) is 0 Å². The highest BCUT2D eigenvalue weighted by molar-refractivity contribution is 7.85. The molecule has 7 heteroatoms. The van der Waals surface area contributed by atoms with Crippen LogP contribution in [0.25, 0.3) is 0 Å². The van der Waals surface area contributed by atoms with Gasteiger partial charge in [-0.2, -0.15) is 8.42 Å². The Hall–Kier alpha value is -0.920. The predicted octanol–water partition coefficient (Wildman–Crippen LogP) is 1.13. The number of hydrogen-bond acceptors (Lipinski definition) is 5. The molecule has 0 aliphatic heterocycles. The van der Waals surface area contributed by atoms with E-state index in [-0.39, 0.29) is 6.61 Å². The van der Waals surface area contributed by atoms with Gasteiger partial charge in [0.1, 0.15) is 12.4 Å². The van der Waals surface area contributed by atoms with Gasteiger partial charge in [0.05, 0.1) is 0 Å². The van der Waals surface area contributed by atoms with Crippen molar-refractivity contribution >= 4 is 16.1 Å². The molecule has 0 atom stereocenters. The molecule has 0 unspecified atom stereocenters. The van der Waals surface area contributed by atoms with E-state index in [4.69, 9.17) is 10.3 Å². The molecule has 0 heterocycles. The molecular weight excluding hydrogens is 258 g/mol. The second-order valence-electron chi connectivity index (χ2n) is 3.51. The topological polar surface area (TPSA) is 107 Å². The summed E-state index contributed by atoms with van der Waals surface area (Å²) in [5, 5.41) is 0. The van der Waals surface area contributed by atoms with Gasteiger partial charge in [-0.3, -0.25) is 4.55 Å². The van der Waals surface area contributed by atoms with Gasteiger partial charge >= 0.3 is 5.97 Å². The molecule has 0 aromatic rings. The summed E-state index contributed by atoms with van der Waals surface area (Å²) in [4.78, 5) is 10.3. The monoisotopic (exact) mass is 281 g/mol. The van der Waals surface area contributed by atoms with Crippen molar-refractivity contribution in [3.8, 4) is 0 Å². The van der Waals surface area contributed by atoms with Gasteiger partial charge in [-0.15, -0.1) is 0 Å². The van der Waals surface area contributed by atoms with Gasteiger partial charge in [0, 0.05) is 6.08 Å². The Morgan fingerprint density at radius 2 is 2.00 bits per heavy atom. The first kappa shape index (κ1) is 19.4. The normalized spacial score (nSPS) is 10.2. The summed E-state index contributed by atoms with van der Waals surface area (Å²) >= 11 is 0. The number of carbonyl (C=O) groups is 1. The average Bonchev–Trinajstić information content (AvgIpc) is 2.29. The fourth-order valence-electron chi connectivity index (χ4n) is 0.878. The van der Waals surface area contributed by atoms with Crippen molar-refractivity contribution < 1.29 is 22.5 Å². The van der Waals surface area contributed by atoms with Gasteiger partial charge in [0.2, 0.25) is 0 Å². The zero-order valence-corrected chi connectivity index (χ0v) is 11.6. The summed E-state index contributed by atoms with van der Waals surface area (Å²) in [5.41, 5.74) is 5.27. The first-order valence-corrected chi connectivity index (χ1v) is 7.42. The van der Waals surface area contributed by atoms with E-state index >= 15 is 0 Å². The van der Waals surface area contributed by atoms with Crippen LogP contribution < -0.4 is 5.73 Å². The molecular formula is C11H23NO5S. The number of unbranched alkanes of at least 4 members (excludes halogenated alkanes) is 3. The van der Waals surface area contributed by atoms with Crippen molar-refractivity contribution in [2.75, 3.05) is 18.9 Å². The minimum absolute atomic E-state index is 0.357. The van der Waals surface area contributed by atoms with E-state index in [0.29, 0.717) is 0 Å². The van der Waals surface area contributed by atoms with Crippen LogP contribution in [0, 0.1) is 0 Å². The van der Waals surface area contributed by atoms with Crippen molar-refractivity contribution in [3.05, 3.63) is 12.7 Å². The molecule has 0 aromatic heterocycles. The Balaban J connectivity index is 0. The molecule has 0 saturated carbocycles. The lowest BCUT2D eigenvalue weighted by atomic mass is 10.2. The summed E-state index contributed by atoms with van der Waals surface area (Å²) in [5.74, 6) is -1.30. The molecule has 0 amide bonds. The van der Waals surface area contributed by atoms with Crippen molar-refractivity contribution in [1.82, 2.24) is 0 Å². The van der Waals surface area contributed by atoms with Gasteiger partial charge < -0.3 is 10.5 Å². The van der Waals surface area contributed by atoms with Gasteiger partial charge in [-0.05, 0) is 13.0 Å². The molecule has 108 valence electrons. The van der Waals surface area contributed by atoms with E-state index in [2.05, 4.69) is 18.2 Å². The van der Waals surface area contributed by atoms with E-state index in [1.165, 1.54) is 25.7 Å². The Morgan fingerprint density at radius 1 is 1.39 bits per heavy atom. The van der Waals surface area contributed by atoms with Crippen LogP contribution >= 0.6 is 0 Å². The van der Waals surface area contributed by atoms with Gasteiger partial charge in [-0.25, -0.2) is 4.79 Å². The summed E-state index contributed by atoms with van der Waals surface area (Å²) in [6.45, 7) is 5.80. The lowest BCUT2D eigenvalue weighted by Gasteiger charge is -1.97. The standard InChI is InChI=1S/C6H15N.C5H8O5S/c1-2-3-4-5-6-7;1-2-5(6)10-3-4-11(7,8)9/h2-7H2,1H3;2H,1,3-4H2,(H,7,8,9). The van der Waals surface area contributed by atoms with Crippen LogP contribution in [0.1, 0.15) is 32.6 Å². The van der Waals surface area contributed by atoms with Crippen molar-refractivity contribution in [3.63, 3.8) is 0 Å². The number of nitrogens with two attached hydrogens (primary N) is 1. The largest absolute Gasteiger partial charge is 0.461 e. The van der Waals surface area contributed by atoms with Crippen LogP contribution in [0.3, 0.4) is 0 Å². The van der Waals surface area contributed by atoms with Crippen molar-refractivity contribution in [2.45, 2.75) is 32.6 Å². The Morgan fingerprint density at radius 3 is 2.39 bits per heavy atom. The lowest BCUT2D eigenvalue weighted by Crippen LogP contribution is -2.13. The molecule has 18 heavy (non-hydrogen) atoms. The molecule has 0 rings (SSSR count). The van der Waals surface area contributed by atoms with Crippen molar-refractivity contribution in [2.24, 2.45) is 5.73 Å². The zero-order valence-electron chi connectivity index (χ0n) is 10.8. The van der Waals surface area contributed by atoms with E-state index < -0.39 is 21.8 Å². The number of ether oxygens (including phenoxy) is 1. The first-order chi connectivity index (χ1) is 8.37. The van der Waals surface area contributed by atoms with E-state index in [1.54, 1.807) is 0 Å². The highest BCUT2D eigenvalue weighted by Crippen LogP contribution is 1.95. The van der Waals surface area contributed by atoms with Crippen LogP contribution in [-0.2, 0) is 19.6 Å². The molecule has 0 bridgehead atoms. The SMILES string of the molecule is C=CC(=O)OCCS(=O)(=O)O.CCCCCCN. The van der Waals surface area contributed by atoms with Crippen LogP contribution in [-0.4, -0.2) is 37.8 Å². The van der Waals surface area contributed by atoms with E-state index in [0.717, 1.165) is 12.6 Å². The fourth-order valence-corrected chi connectivity index (χ4v) is 1.17. The minimum Gasteiger partial charge on any atom is -0.461 e. The van der Waals surface area contributed by atoms with Crippen LogP contribution in [0.5, 0.6) is 0 Å². The molecule has 0 spiro atoms. The maximum Gasteiger partial charge on any atom is 0.330 e. The average molecular weight is 281 g/mol. The summed E-state index contributed by atoms with van der Waals surface area (Å²) in [6, 6.07) is 0. The first-order valence-electron chi connectivity index (χ1n) is 5.81. The highest BCUT2D eigenvalue weighted by Gasteiger charge is 2.04. The van der Waals surface area contributed by atoms with Crippen LogP contribution in [0.15, 0.2) is 12.7 Å². The third-order valence-electron chi connectivity index (χ3n) is 1.81. The molecule has 3 N–H and O–H groups in total. The second-order valence-corrected chi connectivity index (χ2v) is 5.08. The molecule has 0 aromatic carbocycles. The predicted molar refractivity (Wildman–Crippen MR) is 70.8 cm³/mol. The molecule has 0 fully saturated rings. The zero-order chi connectivity index (χ0) is 14.4. The number of esters is 1. The third kappa shape index (κ3) is 20.5. The third-order valence-corrected chi connectivity index (χ3v) is 2.49.